The number of rotatable bonds is 5. The molecular weight excluding hydrogens is 258 g/mol. The maximum Gasteiger partial charge on any atom is 0.341 e. The van der Waals surface area contributed by atoms with Crippen LogP contribution in [0.5, 0.6) is 0 Å². The van der Waals surface area contributed by atoms with E-state index in [0.29, 0.717) is 36.9 Å². The Kier molecular flexibility index (Phi) is 4.23. The van der Waals surface area contributed by atoms with Gasteiger partial charge in [-0.25, -0.2) is 14.8 Å². The molecule has 1 N–H and O–H groups in total. The number of β-amino-alcohol motifs (C(OH)–C–C–N with tert-alkyl or cyclic N) is 1. The smallest absolute Gasteiger partial charge is 0.341 e. The molecule has 0 radical (unpaired) electrons. The molecule has 6 nitrogen and oxygen atoms in total. The Morgan fingerprint density at radius 3 is 2.75 bits per heavy atom. The number of aromatic nitrogens is 2. The van der Waals surface area contributed by atoms with Crippen molar-refractivity contribution in [3.63, 3.8) is 0 Å². The van der Waals surface area contributed by atoms with E-state index < -0.39 is 11.6 Å². The van der Waals surface area contributed by atoms with Crippen molar-refractivity contribution in [2.45, 2.75) is 39.2 Å². The van der Waals surface area contributed by atoms with Gasteiger partial charge in [0.25, 0.3) is 0 Å². The van der Waals surface area contributed by atoms with E-state index in [1.165, 1.54) is 6.20 Å². The van der Waals surface area contributed by atoms with Crippen molar-refractivity contribution < 1.29 is 14.6 Å². The summed E-state index contributed by atoms with van der Waals surface area (Å²) in [6.07, 6.45) is 3.22. The average molecular weight is 279 g/mol. The van der Waals surface area contributed by atoms with Gasteiger partial charge < -0.3 is 14.7 Å². The van der Waals surface area contributed by atoms with Crippen LogP contribution in [0, 0.1) is 6.92 Å². The minimum atomic E-state index is -0.619. The summed E-state index contributed by atoms with van der Waals surface area (Å²) in [7, 11) is 0. The van der Waals surface area contributed by atoms with Crippen molar-refractivity contribution in [2.24, 2.45) is 0 Å². The highest BCUT2D eigenvalue weighted by Gasteiger charge is 2.41. The van der Waals surface area contributed by atoms with E-state index in [9.17, 15) is 9.90 Å². The highest BCUT2D eigenvalue weighted by atomic mass is 16.5. The highest BCUT2D eigenvalue weighted by molar-refractivity contribution is 5.90. The van der Waals surface area contributed by atoms with E-state index in [1.54, 1.807) is 13.8 Å². The predicted molar refractivity (Wildman–Crippen MR) is 74.8 cm³/mol. The van der Waals surface area contributed by atoms with Gasteiger partial charge in [0.1, 0.15) is 0 Å². The summed E-state index contributed by atoms with van der Waals surface area (Å²) in [5.41, 5.74) is 0.366. The van der Waals surface area contributed by atoms with Gasteiger partial charge >= 0.3 is 5.97 Å². The fourth-order valence-corrected chi connectivity index (χ4v) is 2.45. The van der Waals surface area contributed by atoms with Crippen LogP contribution in [0.3, 0.4) is 0 Å². The summed E-state index contributed by atoms with van der Waals surface area (Å²) in [6.45, 7) is 6.98. The zero-order chi connectivity index (χ0) is 14.8. The number of carbonyl (C=O) groups excluding carboxylic acids is 1. The lowest BCUT2D eigenvalue weighted by molar-refractivity contribution is 0.00239. The number of carbonyl (C=O) groups is 1. The van der Waals surface area contributed by atoms with Gasteiger partial charge in [0.15, 0.2) is 0 Å². The Morgan fingerprint density at radius 1 is 1.50 bits per heavy atom. The fraction of sp³-hybridized carbons (Fsp3) is 0.643. The second-order valence-corrected chi connectivity index (χ2v) is 5.22. The molecule has 0 unspecified atom stereocenters. The number of hydrogen-bond acceptors (Lipinski definition) is 6. The van der Waals surface area contributed by atoms with Crippen LogP contribution >= 0.6 is 0 Å². The summed E-state index contributed by atoms with van der Waals surface area (Å²) in [6, 6.07) is 0. The molecule has 0 aliphatic carbocycles. The zero-order valence-electron chi connectivity index (χ0n) is 12.2. The number of hydrogen-bond donors (Lipinski definition) is 1. The Balaban J connectivity index is 2.06. The number of aliphatic hydroxyl groups is 1. The van der Waals surface area contributed by atoms with Crippen molar-refractivity contribution in [3.05, 3.63) is 17.5 Å². The van der Waals surface area contributed by atoms with E-state index in [0.717, 1.165) is 12.8 Å². The third kappa shape index (κ3) is 2.90. The molecule has 0 saturated carbocycles. The van der Waals surface area contributed by atoms with Gasteiger partial charge in [-0.1, -0.05) is 13.3 Å². The van der Waals surface area contributed by atoms with Crippen LogP contribution in [0.1, 0.15) is 42.7 Å². The summed E-state index contributed by atoms with van der Waals surface area (Å²) in [5, 5.41) is 10.2. The van der Waals surface area contributed by atoms with Gasteiger partial charge in [0.2, 0.25) is 5.95 Å². The molecule has 0 bridgehead atoms. The number of nitrogens with zero attached hydrogens (tertiary/aromatic N) is 3. The number of ether oxygens (including phenoxy) is 1. The first-order valence-corrected chi connectivity index (χ1v) is 6.97. The molecule has 1 aromatic rings. The minimum absolute atomic E-state index is 0.330. The lowest BCUT2D eigenvalue weighted by atomic mass is 9.90. The molecule has 1 aromatic heterocycles. The summed E-state index contributed by atoms with van der Waals surface area (Å²) in [4.78, 5) is 22.1. The second-order valence-electron chi connectivity index (χ2n) is 5.22. The van der Waals surface area contributed by atoms with Crippen molar-refractivity contribution >= 4 is 11.9 Å². The monoisotopic (exact) mass is 279 g/mol. The molecule has 1 aliphatic rings. The maximum atomic E-state index is 11.7. The summed E-state index contributed by atoms with van der Waals surface area (Å²) >= 11 is 0. The van der Waals surface area contributed by atoms with E-state index in [-0.39, 0.29) is 0 Å². The van der Waals surface area contributed by atoms with Crippen LogP contribution in [0.4, 0.5) is 5.95 Å². The largest absolute Gasteiger partial charge is 0.462 e. The Bertz CT molecular complexity index is 498. The lowest BCUT2D eigenvalue weighted by Crippen LogP contribution is -2.62. The van der Waals surface area contributed by atoms with Crippen LogP contribution in [-0.4, -0.2) is 46.3 Å². The third-order valence-corrected chi connectivity index (χ3v) is 3.43. The second kappa shape index (κ2) is 5.75. The molecule has 20 heavy (non-hydrogen) atoms. The molecule has 0 amide bonds. The standard InChI is InChI=1S/C14H21N3O3/c1-4-6-14(19)8-17(9-14)13-15-7-11(10(3)16-13)12(18)20-5-2/h7,19H,4-6,8-9H2,1-3H3. The molecule has 1 saturated heterocycles. The van der Waals surface area contributed by atoms with Crippen molar-refractivity contribution in [2.75, 3.05) is 24.6 Å². The van der Waals surface area contributed by atoms with E-state index >= 15 is 0 Å². The van der Waals surface area contributed by atoms with E-state index in [1.807, 2.05) is 4.90 Å². The molecule has 0 spiro atoms. The van der Waals surface area contributed by atoms with Crippen LogP contribution in [-0.2, 0) is 4.74 Å². The van der Waals surface area contributed by atoms with Crippen LogP contribution in [0.15, 0.2) is 6.20 Å². The first-order chi connectivity index (χ1) is 9.49. The average Bonchev–Trinajstić information content (AvgIpc) is 2.36. The zero-order valence-corrected chi connectivity index (χ0v) is 12.2. The molecule has 0 atom stereocenters. The third-order valence-electron chi connectivity index (χ3n) is 3.43. The molecule has 6 heteroatoms. The molecule has 1 aliphatic heterocycles. The summed E-state index contributed by atoms with van der Waals surface area (Å²) < 4.78 is 4.94. The molecule has 1 fully saturated rings. The first-order valence-electron chi connectivity index (χ1n) is 6.97. The van der Waals surface area contributed by atoms with Crippen molar-refractivity contribution in [1.82, 2.24) is 9.97 Å². The highest BCUT2D eigenvalue weighted by Crippen LogP contribution is 2.29. The number of aryl methyl sites for hydroxylation is 1. The van der Waals surface area contributed by atoms with Crippen LogP contribution in [0.25, 0.3) is 0 Å². The van der Waals surface area contributed by atoms with Crippen molar-refractivity contribution in [1.29, 1.82) is 0 Å². The topological polar surface area (TPSA) is 75.5 Å². The van der Waals surface area contributed by atoms with Crippen LogP contribution < -0.4 is 4.90 Å². The Labute approximate surface area is 118 Å². The molecular formula is C14H21N3O3. The molecule has 2 heterocycles. The molecule has 110 valence electrons. The quantitative estimate of drug-likeness (QED) is 0.819. The van der Waals surface area contributed by atoms with Gasteiger partial charge in [0, 0.05) is 6.20 Å². The van der Waals surface area contributed by atoms with Crippen LogP contribution in [0.2, 0.25) is 0 Å². The van der Waals surface area contributed by atoms with Crippen molar-refractivity contribution in [3.8, 4) is 0 Å². The van der Waals surface area contributed by atoms with Gasteiger partial charge in [0.05, 0.1) is 36.6 Å². The molecule has 2 rings (SSSR count). The maximum absolute atomic E-state index is 11.7. The number of anilines is 1. The summed E-state index contributed by atoms with van der Waals surface area (Å²) in [5.74, 6) is 0.152. The first kappa shape index (κ1) is 14.7. The Morgan fingerprint density at radius 2 is 2.20 bits per heavy atom. The molecule has 0 aromatic carbocycles. The number of esters is 1. The SMILES string of the molecule is CCCC1(O)CN(c2ncc(C(=O)OCC)c(C)n2)C1. The minimum Gasteiger partial charge on any atom is -0.462 e. The van der Waals surface area contributed by atoms with Gasteiger partial charge in [-0.05, 0) is 20.3 Å². The van der Waals surface area contributed by atoms with Gasteiger partial charge in [-0.2, -0.15) is 0 Å². The van der Waals surface area contributed by atoms with E-state index in [2.05, 4.69) is 16.9 Å². The van der Waals surface area contributed by atoms with Gasteiger partial charge in [-0.15, -0.1) is 0 Å². The lowest BCUT2D eigenvalue weighted by Gasteiger charge is -2.46. The predicted octanol–water partition coefficient (Wildman–Crippen LogP) is 1.31. The fourth-order valence-electron chi connectivity index (χ4n) is 2.45. The normalized spacial score (nSPS) is 16.7. The van der Waals surface area contributed by atoms with E-state index in [4.69, 9.17) is 4.74 Å². The van der Waals surface area contributed by atoms with Gasteiger partial charge in [-0.3, -0.25) is 0 Å². The Hall–Kier alpha value is -1.69.